The summed E-state index contributed by atoms with van der Waals surface area (Å²) in [5, 5.41) is 0. The van der Waals surface area contributed by atoms with E-state index in [0.29, 0.717) is 12.1 Å². The van der Waals surface area contributed by atoms with Crippen molar-refractivity contribution in [3.63, 3.8) is 0 Å². The Kier molecular flexibility index (Phi) is 2.77. The van der Waals surface area contributed by atoms with E-state index in [1.54, 1.807) is 0 Å². The molecule has 2 heterocycles. The Bertz CT molecular complexity index is 437. The first-order valence-corrected chi connectivity index (χ1v) is 5.26. The standard InChI is InChI=1S/C11H14N2O3/c1-7-12-9(6-14)10-5-8(11(15)16-2)3-4-13(7)10/h6,8H,3-5H2,1-2H3. The molecule has 0 amide bonds. The number of aromatic nitrogens is 2. The number of carbonyl (C=O) groups is 2. The lowest BCUT2D eigenvalue weighted by Gasteiger charge is -2.22. The van der Waals surface area contributed by atoms with Crippen LogP contribution in [0.1, 0.15) is 28.4 Å². The maximum absolute atomic E-state index is 11.4. The number of methoxy groups -OCH3 is 1. The molecular weight excluding hydrogens is 208 g/mol. The lowest BCUT2D eigenvalue weighted by Crippen LogP contribution is -2.27. The van der Waals surface area contributed by atoms with Crippen molar-refractivity contribution in [2.45, 2.75) is 26.3 Å². The fourth-order valence-corrected chi connectivity index (χ4v) is 2.23. The number of esters is 1. The van der Waals surface area contributed by atoms with E-state index < -0.39 is 0 Å². The molecule has 1 aliphatic heterocycles. The van der Waals surface area contributed by atoms with Gasteiger partial charge in [-0.3, -0.25) is 9.59 Å². The van der Waals surface area contributed by atoms with Gasteiger partial charge in [0.25, 0.3) is 0 Å². The topological polar surface area (TPSA) is 61.2 Å². The maximum Gasteiger partial charge on any atom is 0.309 e. The molecule has 16 heavy (non-hydrogen) atoms. The van der Waals surface area contributed by atoms with Crippen molar-refractivity contribution < 1.29 is 14.3 Å². The Morgan fingerprint density at radius 1 is 1.62 bits per heavy atom. The Morgan fingerprint density at radius 3 is 3.00 bits per heavy atom. The molecule has 1 aromatic rings. The van der Waals surface area contributed by atoms with Crippen LogP contribution in [-0.4, -0.2) is 28.9 Å². The summed E-state index contributed by atoms with van der Waals surface area (Å²) in [6, 6.07) is 0. The third-order valence-corrected chi connectivity index (χ3v) is 3.08. The van der Waals surface area contributed by atoms with Crippen LogP contribution in [-0.2, 0) is 22.5 Å². The molecule has 0 aromatic carbocycles. The van der Waals surface area contributed by atoms with Crippen LogP contribution in [0.25, 0.3) is 0 Å². The van der Waals surface area contributed by atoms with Crippen molar-refractivity contribution in [3.8, 4) is 0 Å². The van der Waals surface area contributed by atoms with Gasteiger partial charge < -0.3 is 9.30 Å². The summed E-state index contributed by atoms with van der Waals surface area (Å²) < 4.78 is 6.73. The molecule has 5 nitrogen and oxygen atoms in total. The molecule has 0 saturated heterocycles. The molecule has 1 aliphatic rings. The Morgan fingerprint density at radius 2 is 2.38 bits per heavy atom. The normalized spacial score (nSPS) is 19.0. The zero-order chi connectivity index (χ0) is 11.7. The second-order valence-corrected chi connectivity index (χ2v) is 3.97. The molecule has 0 aliphatic carbocycles. The van der Waals surface area contributed by atoms with Crippen LogP contribution in [0, 0.1) is 12.8 Å². The van der Waals surface area contributed by atoms with Crippen LogP contribution >= 0.6 is 0 Å². The highest BCUT2D eigenvalue weighted by atomic mass is 16.5. The highest BCUT2D eigenvalue weighted by Crippen LogP contribution is 2.24. The fraction of sp³-hybridized carbons (Fsp3) is 0.545. The van der Waals surface area contributed by atoms with Crippen molar-refractivity contribution in [1.82, 2.24) is 9.55 Å². The lowest BCUT2D eigenvalue weighted by molar-refractivity contribution is -0.146. The largest absolute Gasteiger partial charge is 0.469 e. The number of rotatable bonds is 2. The summed E-state index contributed by atoms with van der Waals surface area (Å²) in [7, 11) is 1.39. The average molecular weight is 222 g/mol. The summed E-state index contributed by atoms with van der Waals surface area (Å²) in [5.74, 6) is 0.481. The van der Waals surface area contributed by atoms with Crippen molar-refractivity contribution in [1.29, 1.82) is 0 Å². The van der Waals surface area contributed by atoms with Gasteiger partial charge in [0.05, 0.1) is 13.0 Å². The minimum absolute atomic E-state index is 0.146. The summed E-state index contributed by atoms with van der Waals surface area (Å²) in [5.41, 5.74) is 1.31. The smallest absolute Gasteiger partial charge is 0.309 e. The quantitative estimate of drug-likeness (QED) is 0.547. The second kappa shape index (κ2) is 4.08. The second-order valence-electron chi connectivity index (χ2n) is 3.97. The van der Waals surface area contributed by atoms with Crippen molar-refractivity contribution in [3.05, 3.63) is 17.2 Å². The van der Waals surface area contributed by atoms with Crippen molar-refractivity contribution in [2.24, 2.45) is 5.92 Å². The third-order valence-electron chi connectivity index (χ3n) is 3.08. The Labute approximate surface area is 93.4 Å². The van der Waals surface area contributed by atoms with E-state index in [1.807, 2.05) is 11.5 Å². The highest BCUT2D eigenvalue weighted by Gasteiger charge is 2.28. The predicted octanol–water partition coefficient (Wildman–Crippen LogP) is 0.739. The fourth-order valence-electron chi connectivity index (χ4n) is 2.23. The van der Waals surface area contributed by atoms with Gasteiger partial charge in [-0.05, 0) is 13.3 Å². The number of hydrogen-bond donors (Lipinski definition) is 0. The van der Waals surface area contributed by atoms with Gasteiger partial charge in [0.2, 0.25) is 0 Å². The van der Waals surface area contributed by atoms with Gasteiger partial charge in [0.15, 0.2) is 6.29 Å². The summed E-state index contributed by atoms with van der Waals surface area (Å²) in [6.07, 6.45) is 2.04. The van der Waals surface area contributed by atoms with Gasteiger partial charge >= 0.3 is 5.97 Å². The van der Waals surface area contributed by atoms with Gasteiger partial charge in [0.1, 0.15) is 11.5 Å². The van der Waals surface area contributed by atoms with E-state index in [1.165, 1.54) is 7.11 Å². The first-order valence-electron chi connectivity index (χ1n) is 5.26. The number of fused-ring (bicyclic) bond motifs is 1. The van der Waals surface area contributed by atoms with Crippen molar-refractivity contribution >= 4 is 12.3 Å². The minimum atomic E-state index is -0.207. The SMILES string of the molecule is COC(=O)C1CCn2c(C)nc(C=O)c2C1. The molecule has 86 valence electrons. The Hall–Kier alpha value is -1.65. The molecule has 0 saturated carbocycles. The number of aldehydes is 1. The molecule has 0 fully saturated rings. The van der Waals surface area contributed by atoms with E-state index in [-0.39, 0.29) is 11.9 Å². The van der Waals surface area contributed by atoms with Crippen LogP contribution in [0.5, 0.6) is 0 Å². The van der Waals surface area contributed by atoms with E-state index in [9.17, 15) is 9.59 Å². The first-order chi connectivity index (χ1) is 7.67. The van der Waals surface area contributed by atoms with Gasteiger partial charge in [-0.15, -0.1) is 0 Å². The summed E-state index contributed by atoms with van der Waals surface area (Å²) >= 11 is 0. The zero-order valence-electron chi connectivity index (χ0n) is 9.40. The molecule has 5 heteroatoms. The highest BCUT2D eigenvalue weighted by molar-refractivity contribution is 5.76. The lowest BCUT2D eigenvalue weighted by atomic mass is 9.95. The number of imidazole rings is 1. The van der Waals surface area contributed by atoms with Crippen LogP contribution in [0.4, 0.5) is 0 Å². The summed E-state index contributed by atoms with van der Waals surface area (Å²) in [4.78, 5) is 26.5. The zero-order valence-corrected chi connectivity index (χ0v) is 9.40. The van der Waals surface area contributed by atoms with Gasteiger partial charge in [-0.25, -0.2) is 4.98 Å². The van der Waals surface area contributed by atoms with Gasteiger partial charge in [-0.2, -0.15) is 0 Å². The molecule has 0 radical (unpaired) electrons. The van der Waals surface area contributed by atoms with E-state index in [4.69, 9.17) is 4.74 Å². The molecular formula is C11H14N2O3. The molecule has 0 N–H and O–H groups in total. The third kappa shape index (κ3) is 1.62. The minimum Gasteiger partial charge on any atom is -0.469 e. The number of aryl methyl sites for hydroxylation is 1. The maximum atomic E-state index is 11.4. The molecule has 1 unspecified atom stereocenters. The van der Waals surface area contributed by atoms with E-state index in [2.05, 4.69) is 4.98 Å². The van der Waals surface area contributed by atoms with E-state index in [0.717, 1.165) is 30.8 Å². The van der Waals surface area contributed by atoms with Gasteiger partial charge in [-0.1, -0.05) is 0 Å². The number of carbonyl (C=O) groups excluding carboxylic acids is 2. The number of hydrogen-bond acceptors (Lipinski definition) is 4. The van der Waals surface area contributed by atoms with Gasteiger partial charge in [0, 0.05) is 18.7 Å². The van der Waals surface area contributed by atoms with E-state index >= 15 is 0 Å². The first kappa shape index (κ1) is 10.9. The molecule has 0 spiro atoms. The molecule has 0 bridgehead atoms. The van der Waals surface area contributed by atoms with Crippen LogP contribution in [0.3, 0.4) is 0 Å². The molecule has 1 aromatic heterocycles. The molecule has 1 atom stereocenters. The predicted molar refractivity (Wildman–Crippen MR) is 56.2 cm³/mol. The summed E-state index contributed by atoms with van der Waals surface area (Å²) in [6.45, 7) is 2.59. The average Bonchev–Trinajstić information content (AvgIpc) is 2.64. The van der Waals surface area contributed by atoms with Crippen LogP contribution < -0.4 is 0 Å². The van der Waals surface area contributed by atoms with Crippen molar-refractivity contribution in [2.75, 3.05) is 7.11 Å². The number of ether oxygens (including phenoxy) is 1. The number of nitrogens with zero attached hydrogens (tertiary/aromatic N) is 2. The molecule has 2 rings (SSSR count). The van der Waals surface area contributed by atoms with Crippen LogP contribution in [0.2, 0.25) is 0 Å². The monoisotopic (exact) mass is 222 g/mol. The van der Waals surface area contributed by atoms with Crippen LogP contribution in [0.15, 0.2) is 0 Å². The Balaban J connectivity index is 2.31.